The summed E-state index contributed by atoms with van der Waals surface area (Å²) in [5.74, 6) is 2.85. The highest BCUT2D eigenvalue weighted by atomic mass is 16.5. The van der Waals surface area contributed by atoms with Gasteiger partial charge in [0.2, 0.25) is 5.82 Å². The number of nitrogens with one attached hydrogen (secondary N) is 1. The van der Waals surface area contributed by atoms with Crippen molar-refractivity contribution in [2.24, 2.45) is 11.8 Å². The van der Waals surface area contributed by atoms with Crippen molar-refractivity contribution < 1.29 is 9.53 Å². The lowest BCUT2D eigenvalue weighted by Gasteiger charge is -2.25. The molecule has 5 rings (SSSR count). The number of anilines is 1. The Labute approximate surface area is 181 Å². The number of carbonyl (C=O) groups excluding carboxylic acids is 1. The number of carbonyl (C=O) groups is 1. The molecule has 1 saturated heterocycles. The lowest BCUT2D eigenvalue weighted by molar-refractivity contribution is 0.100. The Kier molecular flexibility index (Phi) is 5.19. The summed E-state index contributed by atoms with van der Waals surface area (Å²) in [6.07, 6.45) is 4.94. The summed E-state index contributed by atoms with van der Waals surface area (Å²) in [4.78, 5) is 15.3. The highest BCUT2D eigenvalue weighted by Gasteiger charge is 2.39. The number of rotatable bonds is 6. The van der Waals surface area contributed by atoms with Crippen LogP contribution in [-0.4, -0.2) is 55.6 Å². The van der Waals surface area contributed by atoms with Gasteiger partial charge in [0, 0.05) is 56.6 Å². The molecule has 1 N–H and O–H groups in total. The van der Waals surface area contributed by atoms with Crippen molar-refractivity contribution in [3.8, 4) is 5.75 Å². The van der Waals surface area contributed by atoms with Crippen molar-refractivity contribution in [2.45, 2.75) is 33.0 Å². The second-order valence-corrected chi connectivity index (χ2v) is 8.36. The summed E-state index contributed by atoms with van der Waals surface area (Å²) < 4.78 is 9.13. The van der Waals surface area contributed by atoms with E-state index in [-0.39, 0.29) is 5.91 Å². The Hall–Kier alpha value is -3.20. The number of amides is 1. The minimum atomic E-state index is -0.232. The Bertz CT molecular complexity index is 1070. The number of nitrogens with zero attached hydrogens (tertiary/aromatic N) is 6. The minimum absolute atomic E-state index is 0.232. The van der Waals surface area contributed by atoms with Gasteiger partial charge in [-0.25, -0.2) is 0 Å². The van der Waals surface area contributed by atoms with Gasteiger partial charge >= 0.3 is 0 Å². The average Bonchev–Trinajstić information content (AvgIpc) is 3.50. The fraction of sp³-hybridized carbons (Fsp3) is 0.455. The third kappa shape index (κ3) is 3.93. The first-order valence-electron chi connectivity index (χ1n) is 10.7. The molecule has 9 heteroatoms. The molecule has 1 fully saturated rings. The molecule has 2 aliphatic heterocycles. The number of ether oxygens (including phenoxy) is 1. The summed E-state index contributed by atoms with van der Waals surface area (Å²) >= 11 is 0. The minimum Gasteiger partial charge on any atom is -0.497 e. The van der Waals surface area contributed by atoms with Gasteiger partial charge in [-0.2, -0.15) is 5.10 Å². The van der Waals surface area contributed by atoms with Crippen LogP contribution in [0.25, 0.3) is 0 Å². The average molecular weight is 422 g/mol. The van der Waals surface area contributed by atoms with Crippen molar-refractivity contribution in [3.63, 3.8) is 0 Å². The van der Waals surface area contributed by atoms with Gasteiger partial charge in [0.1, 0.15) is 11.6 Å². The highest BCUT2D eigenvalue weighted by molar-refractivity contribution is 6.01. The topological polar surface area (TPSA) is 90.1 Å². The monoisotopic (exact) mass is 421 g/mol. The predicted molar refractivity (Wildman–Crippen MR) is 115 cm³/mol. The molecule has 2 aliphatic rings. The molecular formula is C22H27N7O2. The van der Waals surface area contributed by atoms with Crippen LogP contribution in [0.15, 0.2) is 36.7 Å². The van der Waals surface area contributed by atoms with Gasteiger partial charge in [-0.1, -0.05) is 0 Å². The third-order valence-electron chi connectivity index (χ3n) is 6.31. The van der Waals surface area contributed by atoms with Crippen molar-refractivity contribution >= 4 is 11.6 Å². The molecule has 0 unspecified atom stereocenters. The van der Waals surface area contributed by atoms with E-state index in [0.717, 1.165) is 50.7 Å². The number of aromatic nitrogens is 5. The molecule has 3 aromatic rings. The number of methoxy groups -OCH3 is 1. The van der Waals surface area contributed by atoms with E-state index >= 15 is 0 Å². The van der Waals surface area contributed by atoms with E-state index in [9.17, 15) is 4.79 Å². The Balaban J connectivity index is 1.25. The van der Waals surface area contributed by atoms with Gasteiger partial charge in [0.05, 0.1) is 13.3 Å². The molecule has 0 aliphatic carbocycles. The third-order valence-corrected chi connectivity index (χ3v) is 6.31. The molecule has 0 spiro atoms. The van der Waals surface area contributed by atoms with Crippen LogP contribution < -0.4 is 10.1 Å². The quantitative estimate of drug-likeness (QED) is 0.655. The van der Waals surface area contributed by atoms with Crippen molar-refractivity contribution in [1.82, 2.24) is 29.4 Å². The molecule has 0 saturated carbocycles. The largest absolute Gasteiger partial charge is 0.497 e. The van der Waals surface area contributed by atoms with Crippen molar-refractivity contribution in [1.29, 1.82) is 0 Å². The molecular weight excluding hydrogens is 394 g/mol. The van der Waals surface area contributed by atoms with Gasteiger partial charge in [0.15, 0.2) is 0 Å². The molecule has 2 atom stereocenters. The molecule has 31 heavy (non-hydrogen) atoms. The van der Waals surface area contributed by atoms with Crippen LogP contribution in [0, 0.1) is 11.8 Å². The van der Waals surface area contributed by atoms with E-state index in [1.807, 2.05) is 39.7 Å². The molecule has 0 bridgehead atoms. The number of fused-ring (bicyclic) bond motifs is 2. The maximum atomic E-state index is 12.8. The SMILES string of the molecule is CCn1cc(CN2C[C@H]3Cc4nnc(C(=O)Nc5ccc(OC)cc5)n4C[C@@H]3C2)cn1. The van der Waals surface area contributed by atoms with Gasteiger partial charge in [0.25, 0.3) is 5.91 Å². The fourth-order valence-corrected chi connectivity index (χ4v) is 4.70. The number of benzene rings is 1. The first-order chi connectivity index (χ1) is 15.1. The van der Waals surface area contributed by atoms with Crippen LogP contribution in [0.4, 0.5) is 5.69 Å². The summed E-state index contributed by atoms with van der Waals surface area (Å²) in [5.41, 5.74) is 1.95. The molecule has 2 aromatic heterocycles. The molecule has 162 valence electrons. The Morgan fingerprint density at radius 1 is 1.16 bits per heavy atom. The molecule has 1 aromatic carbocycles. The number of hydrogen-bond donors (Lipinski definition) is 1. The lowest BCUT2D eigenvalue weighted by atomic mass is 9.89. The van der Waals surface area contributed by atoms with Crippen LogP contribution in [0.2, 0.25) is 0 Å². The number of aryl methyl sites for hydroxylation is 1. The van der Waals surface area contributed by atoms with E-state index in [0.29, 0.717) is 23.3 Å². The van der Waals surface area contributed by atoms with Gasteiger partial charge in [-0.3, -0.25) is 14.4 Å². The van der Waals surface area contributed by atoms with Gasteiger partial charge in [-0.05, 0) is 43.0 Å². The van der Waals surface area contributed by atoms with Crippen LogP contribution in [0.5, 0.6) is 5.75 Å². The van der Waals surface area contributed by atoms with E-state index in [4.69, 9.17) is 4.74 Å². The molecule has 0 radical (unpaired) electrons. The maximum Gasteiger partial charge on any atom is 0.293 e. The number of hydrogen-bond acceptors (Lipinski definition) is 6. The van der Waals surface area contributed by atoms with Crippen LogP contribution in [0.3, 0.4) is 0 Å². The molecule has 4 heterocycles. The maximum absolute atomic E-state index is 12.8. The summed E-state index contributed by atoms with van der Waals surface area (Å²) in [6.45, 7) is 6.74. The number of likely N-dealkylation sites (tertiary alicyclic amines) is 1. The first kappa shape index (κ1) is 19.7. The second kappa shape index (κ2) is 8.14. The first-order valence-corrected chi connectivity index (χ1v) is 10.7. The standard InChI is InChI=1S/C22H27N7O2/c1-3-28-11-15(9-23-28)10-27-12-16-8-20-25-26-21(29(20)14-17(16)13-27)22(30)24-18-4-6-19(31-2)7-5-18/h4-7,9,11,16-17H,3,8,10,12-14H2,1-2H3,(H,24,30)/t16-,17+/m1/s1. The van der Waals surface area contributed by atoms with E-state index in [2.05, 4.69) is 38.6 Å². The van der Waals surface area contributed by atoms with Crippen molar-refractivity contribution in [2.75, 3.05) is 25.5 Å². The lowest BCUT2D eigenvalue weighted by Crippen LogP contribution is -2.31. The molecule has 1 amide bonds. The van der Waals surface area contributed by atoms with Gasteiger partial charge in [-0.15, -0.1) is 10.2 Å². The van der Waals surface area contributed by atoms with Crippen LogP contribution in [0.1, 0.15) is 28.9 Å². The predicted octanol–water partition coefficient (Wildman–Crippen LogP) is 2.06. The second-order valence-electron chi connectivity index (χ2n) is 8.36. The zero-order valence-corrected chi connectivity index (χ0v) is 17.9. The summed E-state index contributed by atoms with van der Waals surface area (Å²) in [6, 6.07) is 7.26. The van der Waals surface area contributed by atoms with E-state index < -0.39 is 0 Å². The van der Waals surface area contributed by atoms with Crippen molar-refractivity contribution in [3.05, 3.63) is 53.9 Å². The van der Waals surface area contributed by atoms with Crippen LogP contribution in [-0.2, 0) is 26.1 Å². The fourth-order valence-electron chi connectivity index (χ4n) is 4.70. The zero-order chi connectivity index (χ0) is 21.4. The normalized spacial score (nSPS) is 20.3. The highest BCUT2D eigenvalue weighted by Crippen LogP contribution is 2.33. The summed E-state index contributed by atoms with van der Waals surface area (Å²) in [7, 11) is 1.62. The van der Waals surface area contributed by atoms with E-state index in [1.165, 1.54) is 5.56 Å². The molecule has 9 nitrogen and oxygen atoms in total. The zero-order valence-electron chi connectivity index (χ0n) is 17.9. The Morgan fingerprint density at radius 3 is 2.71 bits per heavy atom. The summed E-state index contributed by atoms with van der Waals surface area (Å²) in [5, 5.41) is 15.8. The van der Waals surface area contributed by atoms with E-state index in [1.54, 1.807) is 7.11 Å². The van der Waals surface area contributed by atoms with Crippen LogP contribution >= 0.6 is 0 Å². The van der Waals surface area contributed by atoms with Gasteiger partial charge < -0.3 is 14.6 Å². The smallest absolute Gasteiger partial charge is 0.293 e. The Morgan fingerprint density at radius 2 is 1.97 bits per heavy atom.